The molecule has 1 aliphatic heterocycles. The van der Waals surface area contributed by atoms with Gasteiger partial charge in [0.05, 0.1) is 17.7 Å². The lowest BCUT2D eigenvalue weighted by molar-refractivity contribution is 0.0601. The number of urea groups is 1. The van der Waals surface area contributed by atoms with Crippen LogP contribution in [-0.4, -0.2) is 36.6 Å². The van der Waals surface area contributed by atoms with Crippen LogP contribution in [0.25, 0.3) is 0 Å². The summed E-state index contributed by atoms with van der Waals surface area (Å²) in [4.78, 5) is 25.8. The van der Waals surface area contributed by atoms with Crippen LogP contribution in [0.3, 0.4) is 0 Å². The number of likely N-dealkylation sites (tertiary alicyclic amines) is 1. The van der Waals surface area contributed by atoms with Crippen LogP contribution in [0.4, 0.5) is 9.80 Å². The van der Waals surface area contributed by atoms with Gasteiger partial charge in [0.1, 0.15) is 0 Å². The Kier molecular flexibility index (Phi) is 4.14. The number of thiophene rings is 1. The summed E-state index contributed by atoms with van der Waals surface area (Å²) in [5.74, 6) is 0.312. The lowest BCUT2D eigenvalue weighted by atomic mass is 9.79. The molecule has 1 atom stereocenters. The molecule has 1 aromatic heterocycles. The zero-order valence-electron chi connectivity index (χ0n) is 12.1. The molecule has 0 unspecified atom stereocenters. The SMILES string of the molecule is COC(=O)c1csc(NC(=O)N2CCC[C@H]2C2CCC2)c1. The molecule has 114 valence electrons. The third kappa shape index (κ3) is 2.90. The number of hydrogen-bond donors (Lipinski definition) is 1. The van der Waals surface area contributed by atoms with E-state index < -0.39 is 0 Å². The van der Waals surface area contributed by atoms with Crippen molar-refractivity contribution in [2.75, 3.05) is 19.0 Å². The number of nitrogens with zero attached hydrogens (tertiary/aromatic N) is 1. The highest BCUT2D eigenvalue weighted by Crippen LogP contribution is 2.37. The number of carbonyl (C=O) groups is 2. The smallest absolute Gasteiger partial charge is 0.338 e. The van der Waals surface area contributed by atoms with Gasteiger partial charge in [0.2, 0.25) is 0 Å². The van der Waals surface area contributed by atoms with Crippen LogP contribution in [0.1, 0.15) is 42.5 Å². The van der Waals surface area contributed by atoms with Crippen molar-refractivity contribution in [3.8, 4) is 0 Å². The van der Waals surface area contributed by atoms with Crippen molar-refractivity contribution in [1.82, 2.24) is 4.90 Å². The minimum atomic E-state index is -0.375. The van der Waals surface area contributed by atoms with Crippen LogP contribution < -0.4 is 5.32 Å². The number of carbonyl (C=O) groups excluding carboxylic acids is 2. The molecule has 21 heavy (non-hydrogen) atoms. The number of anilines is 1. The van der Waals surface area contributed by atoms with Gasteiger partial charge in [0.25, 0.3) is 0 Å². The summed E-state index contributed by atoms with van der Waals surface area (Å²) in [5.41, 5.74) is 0.481. The van der Waals surface area contributed by atoms with E-state index in [1.807, 2.05) is 4.90 Å². The number of ether oxygens (including phenoxy) is 1. The molecule has 3 rings (SSSR count). The van der Waals surface area contributed by atoms with E-state index >= 15 is 0 Å². The number of esters is 1. The summed E-state index contributed by atoms with van der Waals surface area (Å²) in [6.45, 7) is 0.836. The molecule has 1 aliphatic carbocycles. The minimum Gasteiger partial charge on any atom is -0.465 e. The maximum absolute atomic E-state index is 12.4. The topological polar surface area (TPSA) is 58.6 Å². The number of rotatable bonds is 3. The summed E-state index contributed by atoms with van der Waals surface area (Å²) in [5, 5.41) is 5.31. The van der Waals surface area contributed by atoms with E-state index in [1.165, 1.54) is 37.7 Å². The first-order valence-electron chi connectivity index (χ1n) is 7.43. The Labute approximate surface area is 128 Å². The highest BCUT2D eigenvalue weighted by molar-refractivity contribution is 7.14. The van der Waals surface area contributed by atoms with Crippen molar-refractivity contribution in [1.29, 1.82) is 0 Å². The second-order valence-electron chi connectivity index (χ2n) is 5.72. The Morgan fingerprint density at radius 3 is 2.81 bits per heavy atom. The molecule has 0 bridgehead atoms. The van der Waals surface area contributed by atoms with Crippen molar-refractivity contribution in [3.63, 3.8) is 0 Å². The Bertz CT molecular complexity index is 539. The Hall–Kier alpha value is -1.56. The van der Waals surface area contributed by atoms with Crippen molar-refractivity contribution >= 4 is 28.3 Å². The molecule has 0 radical (unpaired) electrons. The van der Waals surface area contributed by atoms with Gasteiger partial charge in [0.15, 0.2) is 0 Å². The van der Waals surface area contributed by atoms with Crippen molar-refractivity contribution < 1.29 is 14.3 Å². The maximum atomic E-state index is 12.4. The highest BCUT2D eigenvalue weighted by atomic mass is 32.1. The van der Waals surface area contributed by atoms with Crippen LogP contribution in [0.2, 0.25) is 0 Å². The Morgan fingerprint density at radius 1 is 1.33 bits per heavy atom. The highest BCUT2D eigenvalue weighted by Gasteiger charge is 2.37. The monoisotopic (exact) mass is 308 g/mol. The molecule has 2 amide bonds. The average molecular weight is 308 g/mol. The Morgan fingerprint density at radius 2 is 2.14 bits per heavy atom. The van der Waals surface area contributed by atoms with Gasteiger partial charge in [-0.15, -0.1) is 11.3 Å². The molecular weight excluding hydrogens is 288 g/mol. The van der Waals surface area contributed by atoms with E-state index in [-0.39, 0.29) is 12.0 Å². The van der Waals surface area contributed by atoms with Crippen molar-refractivity contribution in [2.45, 2.75) is 38.1 Å². The molecule has 1 saturated carbocycles. The van der Waals surface area contributed by atoms with Gasteiger partial charge in [-0.3, -0.25) is 5.32 Å². The first kappa shape index (κ1) is 14.4. The standard InChI is InChI=1S/C15H20N2O3S/c1-20-14(18)11-8-13(21-9-11)16-15(19)17-7-3-6-12(17)10-4-2-5-10/h8-10,12H,2-7H2,1H3,(H,16,19)/t12-/m0/s1. The minimum absolute atomic E-state index is 0.0392. The molecule has 2 heterocycles. The second kappa shape index (κ2) is 6.05. The van der Waals surface area contributed by atoms with E-state index in [0.29, 0.717) is 22.5 Å². The van der Waals surface area contributed by atoms with E-state index in [1.54, 1.807) is 11.4 Å². The number of amides is 2. The molecule has 5 nitrogen and oxygen atoms in total. The van der Waals surface area contributed by atoms with Crippen LogP contribution >= 0.6 is 11.3 Å². The molecular formula is C15H20N2O3S. The van der Waals surface area contributed by atoms with Crippen LogP contribution in [0.15, 0.2) is 11.4 Å². The van der Waals surface area contributed by atoms with E-state index in [4.69, 9.17) is 0 Å². The van der Waals surface area contributed by atoms with Crippen LogP contribution in [-0.2, 0) is 4.74 Å². The summed E-state index contributed by atoms with van der Waals surface area (Å²) in [6, 6.07) is 2.03. The van der Waals surface area contributed by atoms with Crippen LogP contribution in [0, 0.1) is 5.92 Å². The fraction of sp³-hybridized carbons (Fsp3) is 0.600. The first-order valence-corrected chi connectivity index (χ1v) is 8.31. The molecule has 1 aromatic rings. The van der Waals surface area contributed by atoms with E-state index in [9.17, 15) is 9.59 Å². The number of hydrogen-bond acceptors (Lipinski definition) is 4. The normalized spacial score (nSPS) is 22.0. The van der Waals surface area contributed by atoms with E-state index in [2.05, 4.69) is 10.1 Å². The quantitative estimate of drug-likeness (QED) is 0.871. The number of methoxy groups -OCH3 is 1. The predicted octanol–water partition coefficient (Wildman–Crippen LogP) is 3.33. The fourth-order valence-corrected chi connectivity index (χ4v) is 3.92. The van der Waals surface area contributed by atoms with Gasteiger partial charge >= 0.3 is 12.0 Å². The molecule has 0 aromatic carbocycles. The summed E-state index contributed by atoms with van der Waals surface area (Å²) >= 11 is 1.35. The molecule has 0 spiro atoms. The molecule has 1 N–H and O–H groups in total. The van der Waals surface area contributed by atoms with Crippen LogP contribution in [0.5, 0.6) is 0 Å². The van der Waals surface area contributed by atoms with Gasteiger partial charge in [0, 0.05) is 18.0 Å². The summed E-state index contributed by atoms with van der Waals surface area (Å²) in [7, 11) is 1.35. The largest absolute Gasteiger partial charge is 0.465 e. The first-order chi connectivity index (χ1) is 10.2. The Balaban J connectivity index is 1.62. The maximum Gasteiger partial charge on any atom is 0.338 e. The lowest BCUT2D eigenvalue weighted by Crippen LogP contribution is -2.44. The van der Waals surface area contributed by atoms with Gasteiger partial charge in [-0.2, -0.15) is 0 Å². The third-order valence-electron chi connectivity index (χ3n) is 4.50. The lowest BCUT2D eigenvalue weighted by Gasteiger charge is -2.36. The van der Waals surface area contributed by atoms with Gasteiger partial charge in [-0.1, -0.05) is 6.42 Å². The molecule has 6 heteroatoms. The fourth-order valence-electron chi connectivity index (χ4n) is 3.16. The van der Waals surface area contributed by atoms with Crippen molar-refractivity contribution in [2.24, 2.45) is 5.92 Å². The summed E-state index contributed by atoms with van der Waals surface area (Å²) in [6.07, 6.45) is 6.01. The van der Waals surface area contributed by atoms with E-state index in [0.717, 1.165) is 19.4 Å². The molecule has 2 fully saturated rings. The van der Waals surface area contributed by atoms with Crippen molar-refractivity contribution in [3.05, 3.63) is 17.0 Å². The van der Waals surface area contributed by atoms with Gasteiger partial charge in [-0.25, -0.2) is 9.59 Å². The number of nitrogens with one attached hydrogen (secondary N) is 1. The molecule has 1 saturated heterocycles. The second-order valence-corrected chi connectivity index (χ2v) is 6.63. The van der Waals surface area contributed by atoms with Gasteiger partial charge < -0.3 is 9.64 Å². The zero-order valence-corrected chi connectivity index (χ0v) is 12.9. The summed E-state index contributed by atoms with van der Waals surface area (Å²) < 4.78 is 4.67. The predicted molar refractivity (Wildman–Crippen MR) is 81.7 cm³/mol. The van der Waals surface area contributed by atoms with Gasteiger partial charge in [-0.05, 0) is 37.7 Å². The third-order valence-corrected chi connectivity index (χ3v) is 5.35. The molecule has 2 aliphatic rings. The average Bonchev–Trinajstić information content (AvgIpc) is 3.05. The zero-order chi connectivity index (χ0) is 14.8.